The van der Waals surface area contributed by atoms with Crippen molar-refractivity contribution in [2.45, 2.75) is 12.7 Å². The normalized spacial score (nSPS) is 11.1. The van der Waals surface area contributed by atoms with Crippen molar-refractivity contribution in [3.05, 3.63) is 88.1 Å². The van der Waals surface area contributed by atoms with Gasteiger partial charge < -0.3 is 14.5 Å². The number of aromatic nitrogens is 4. The highest BCUT2D eigenvalue weighted by molar-refractivity contribution is 6.05. The predicted octanol–water partition coefficient (Wildman–Crippen LogP) is 3.81. The number of hydrogen-bond acceptors (Lipinski definition) is 6. The van der Waals surface area contributed by atoms with Crippen LogP contribution >= 0.6 is 0 Å². The first-order valence-electron chi connectivity index (χ1n) is 10.7. The molecule has 186 valence electrons. The Morgan fingerprint density at radius 2 is 1.95 bits per heavy atom. The molecule has 12 heteroatoms. The highest BCUT2D eigenvalue weighted by Gasteiger charge is 2.29. The first kappa shape index (κ1) is 25.1. The lowest BCUT2D eigenvalue weighted by Gasteiger charge is -2.13. The number of nitrogens with zero attached hydrogens (tertiary/aromatic N) is 5. The number of nitriles is 1. The van der Waals surface area contributed by atoms with Gasteiger partial charge in [-0.15, -0.1) is 10.2 Å². The average Bonchev–Trinajstić information content (AvgIpc) is 3.29. The molecule has 0 aliphatic carbocycles. The summed E-state index contributed by atoms with van der Waals surface area (Å²) in [7, 11) is 1.74. The molecule has 0 aliphatic rings. The van der Waals surface area contributed by atoms with Crippen LogP contribution in [0, 0.1) is 11.3 Å². The first-order valence-corrected chi connectivity index (χ1v) is 10.7. The Bertz CT molecular complexity index is 1620. The molecule has 0 atom stereocenters. The van der Waals surface area contributed by atoms with Crippen LogP contribution in [0.2, 0.25) is 0 Å². The molecule has 1 amide bonds. The molecule has 2 heterocycles. The predicted molar refractivity (Wildman–Crippen MR) is 127 cm³/mol. The van der Waals surface area contributed by atoms with E-state index in [2.05, 4.69) is 21.6 Å². The fourth-order valence-electron chi connectivity index (χ4n) is 3.74. The van der Waals surface area contributed by atoms with Crippen LogP contribution in [0.4, 0.5) is 18.9 Å². The van der Waals surface area contributed by atoms with E-state index in [0.29, 0.717) is 28.1 Å². The van der Waals surface area contributed by atoms with Crippen LogP contribution in [-0.4, -0.2) is 37.7 Å². The molecule has 0 unspecified atom stereocenters. The fourth-order valence-corrected chi connectivity index (χ4v) is 3.74. The van der Waals surface area contributed by atoms with E-state index in [0.717, 1.165) is 12.3 Å². The van der Waals surface area contributed by atoms with Gasteiger partial charge in [0.2, 0.25) is 0 Å². The standard InChI is InChI=1S/C25H17F3N6O3/c1-33-14-30-32-22(33)20-7-15(10-29)5-6-19(20)17-3-2-4-18(9-17)31-23(36)21-8-16(12-35)11-34(24(21)37)13-25(26,27)28/h2-9,11-12,14H,13H2,1H3,(H,31,36). The van der Waals surface area contributed by atoms with Crippen molar-refractivity contribution in [2.75, 3.05) is 5.32 Å². The van der Waals surface area contributed by atoms with Gasteiger partial charge in [0.25, 0.3) is 11.5 Å². The number of nitrogens with one attached hydrogen (secondary N) is 1. The van der Waals surface area contributed by atoms with E-state index < -0.39 is 29.8 Å². The number of rotatable bonds is 6. The van der Waals surface area contributed by atoms with E-state index in [1.807, 2.05) is 0 Å². The highest BCUT2D eigenvalue weighted by atomic mass is 19.4. The number of aldehydes is 1. The molecule has 1 N–H and O–H groups in total. The lowest BCUT2D eigenvalue weighted by Crippen LogP contribution is -2.33. The van der Waals surface area contributed by atoms with Crippen LogP contribution in [0.15, 0.2) is 65.8 Å². The summed E-state index contributed by atoms with van der Waals surface area (Å²) in [4.78, 5) is 36.6. The lowest BCUT2D eigenvalue weighted by molar-refractivity contribution is -0.141. The largest absolute Gasteiger partial charge is 0.406 e. The second kappa shape index (κ2) is 9.90. The van der Waals surface area contributed by atoms with Gasteiger partial charge in [0.1, 0.15) is 18.4 Å². The van der Waals surface area contributed by atoms with Gasteiger partial charge in [-0.05, 0) is 41.5 Å². The summed E-state index contributed by atoms with van der Waals surface area (Å²) in [5, 5.41) is 19.8. The number of anilines is 1. The molecule has 0 bridgehead atoms. The third-order valence-corrected chi connectivity index (χ3v) is 5.37. The highest BCUT2D eigenvalue weighted by Crippen LogP contribution is 2.33. The molecule has 2 aromatic carbocycles. The van der Waals surface area contributed by atoms with Crippen LogP contribution in [0.5, 0.6) is 0 Å². The second-order valence-electron chi connectivity index (χ2n) is 8.03. The SMILES string of the molecule is Cn1cnnc1-c1cc(C#N)ccc1-c1cccc(NC(=O)c2cc(C=O)cn(CC(F)(F)F)c2=O)c1. The van der Waals surface area contributed by atoms with Crippen molar-refractivity contribution in [2.24, 2.45) is 7.05 Å². The minimum Gasteiger partial charge on any atom is -0.322 e. The Balaban J connectivity index is 1.71. The number of carbonyl (C=O) groups is 2. The van der Waals surface area contributed by atoms with E-state index in [1.165, 1.54) is 12.4 Å². The Hall–Kier alpha value is -5.05. The number of benzene rings is 2. The van der Waals surface area contributed by atoms with Gasteiger partial charge in [-0.2, -0.15) is 18.4 Å². The third-order valence-electron chi connectivity index (χ3n) is 5.37. The van der Waals surface area contributed by atoms with Gasteiger partial charge in [-0.1, -0.05) is 18.2 Å². The molecular formula is C25H17F3N6O3. The summed E-state index contributed by atoms with van der Waals surface area (Å²) in [6, 6.07) is 14.5. The quantitative estimate of drug-likeness (QED) is 0.397. The number of amides is 1. The summed E-state index contributed by atoms with van der Waals surface area (Å²) in [5.41, 5.74) is 0.485. The number of aryl methyl sites for hydroxylation is 1. The van der Waals surface area contributed by atoms with Crippen LogP contribution in [0.3, 0.4) is 0 Å². The topological polar surface area (TPSA) is 123 Å². The molecule has 0 spiro atoms. The molecule has 0 aliphatic heterocycles. The Kier molecular flexibility index (Phi) is 6.71. The maximum absolute atomic E-state index is 12.9. The summed E-state index contributed by atoms with van der Waals surface area (Å²) < 4.78 is 40.6. The molecular weight excluding hydrogens is 489 g/mol. The minimum atomic E-state index is -4.73. The maximum Gasteiger partial charge on any atom is 0.406 e. The lowest BCUT2D eigenvalue weighted by atomic mass is 9.96. The van der Waals surface area contributed by atoms with Gasteiger partial charge in [0.15, 0.2) is 12.1 Å². The molecule has 4 aromatic rings. The minimum absolute atomic E-state index is 0.244. The molecule has 2 aromatic heterocycles. The summed E-state index contributed by atoms with van der Waals surface area (Å²) in [6.45, 7) is -1.65. The van der Waals surface area contributed by atoms with Gasteiger partial charge in [-0.25, -0.2) is 0 Å². The third kappa shape index (κ3) is 5.46. The monoisotopic (exact) mass is 506 g/mol. The van der Waals surface area contributed by atoms with E-state index in [1.54, 1.807) is 48.0 Å². The number of hydrogen-bond donors (Lipinski definition) is 1. The first-order chi connectivity index (χ1) is 17.6. The van der Waals surface area contributed by atoms with Gasteiger partial charge in [-0.3, -0.25) is 14.4 Å². The van der Waals surface area contributed by atoms with Crippen molar-refractivity contribution in [1.82, 2.24) is 19.3 Å². The van der Waals surface area contributed by atoms with Crippen molar-refractivity contribution in [1.29, 1.82) is 5.26 Å². The average molecular weight is 506 g/mol. The summed E-state index contributed by atoms with van der Waals surface area (Å²) in [5.74, 6) is -0.479. The molecule has 0 saturated carbocycles. The van der Waals surface area contributed by atoms with Crippen LogP contribution < -0.4 is 10.9 Å². The molecule has 0 radical (unpaired) electrons. The fraction of sp³-hybridized carbons (Fsp3) is 0.120. The van der Waals surface area contributed by atoms with E-state index in [9.17, 15) is 32.8 Å². The Morgan fingerprint density at radius 1 is 1.16 bits per heavy atom. The summed E-state index contributed by atoms with van der Waals surface area (Å²) in [6.07, 6.45) is -2.22. The molecule has 9 nitrogen and oxygen atoms in total. The van der Waals surface area contributed by atoms with Crippen molar-refractivity contribution < 1.29 is 22.8 Å². The number of halogens is 3. The van der Waals surface area contributed by atoms with Crippen LogP contribution in [0.1, 0.15) is 26.3 Å². The van der Waals surface area contributed by atoms with Gasteiger partial charge in [0.05, 0.1) is 11.6 Å². The van der Waals surface area contributed by atoms with Crippen molar-refractivity contribution in [3.63, 3.8) is 0 Å². The van der Waals surface area contributed by atoms with E-state index in [-0.39, 0.29) is 22.1 Å². The number of alkyl halides is 3. The Morgan fingerprint density at radius 3 is 2.59 bits per heavy atom. The van der Waals surface area contributed by atoms with Gasteiger partial charge in [0, 0.05) is 30.1 Å². The Labute approximate surface area is 207 Å². The zero-order valence-corrected chi connectivity index (χ0v) is 19.2. The zero-order valence-electron chi connectivity index (χ0n) is 19.2. The van der Waals surface area contributed by atoms with Gasteiger partial charge >= 0.3 is 6.18 Å². The molecule has 0 fully saturated rings. The number of pyridine rings is 1. The summed E-state index contributed by atoms with van der Waals surface area (Å²) >= 11 is 0. The van der Waals surface area contributed by atoms with Crippen molar-refractivity contribution in [3.8, 4) is 28.6 Å². The molecule has 4 rings (SSSR count). The second-order valence-corrected chi connectivity index (χ2v) is 8.03. The molecule has 37 heavy (non-hydrogen) atoms. The van der Waals surface area contributed by atoms with E-state index in [4.69, 9.17) is 0 Å². The van der Waals surface area contributed by atoms with Crippen molar-refractivity contribution >= 4 is 17.9 Å². The van der Waals surface area contributed by atoms with Crippen LogP contribution in [0.25, 0.3) is 22.5 Å². The smallest absolute Gasteiger partial charge is 0.322 e. The maximum atomic E-state index is 12.9. The zero-order chi connectivity index (χ0) is 26.7. The van der Waals surface area contributed by atoms with Crippen LogP contribution in [-0.2, 0) is 13.6 Å². The number of carbonyl (C=O) groups excluding carboxylic acids is 2. The molecule has 0 saturated heterocycles. The van der Waals surface area contributed by atoms with E-state index >= 15 is 0 Å².